The summed E-state index contributed by atoms with van der Waals surface area (Å²) < 4.78 is 0. The molecule has 1 saturated carbocycles. The number of hydrogen-bond donors (Lipinski definition) is 0. The molecular formula is C43H39N3S. The van der Waals surface area contributed by atoms with Crippen LogP contribution in [0, 0.1) is 11.8 Å². The number of para-hydroxylation sites is 1. The Labute approximate surface area is 282 Å². The van der Waals surface area contributed by atoms with Crippen LogP contribution < -0.4 is 4.90 Å². The highest BCUT2D eigenvalue weighted by molar-refractivity contribution is 8.03. The number of hydrogen-bond acceptors (Lipinski definition) is 4. The zero-order valence-corrected chi connectivity index (χ0v) is 27.6. The lowest BCUT2D eigenvalue weighted by Gasteiger charge is -2.32. The third-order valence-electron chi connectivity index (χ3n) is 10.5. The lowest BCUT2D eigenvalue weighted by Crippen LogP contribution is -2.30. The van der Waals surface area contributed by atoms with Gasteiger partial charge in [-0.15, -0.1) is 0 Å². The summed E-state index contributed by atoms with van der Waals surface area (Å²) in [6.07, 6.45) is 24.2. The lowest BCUT2D eigenvalue weighted by atomic mass is 9.87. The van der Waals surface area contributed by atoms with Gasteiger partial charge in [0.05, 0.1) is 16.3 Å². The van der Waals surface area contributed by atoms with Crippen molar-refractivity contribution >= 4 is 28.7 Å². The van der Waals surface area contributed by atoms with Gasteiger partial charge >= 0.3 is 0 Å². The Kier molecular flexibility index (Phi) is 7.34. The molecule has 2 aliphatic heterocycles. The van der Waals surface area contributed by atoms with Crippen molar-refractivity contribution in [2.75, 3.05) is 4.90 Å². The van der Waals surface area contributed by atoms with Crippen molar-refractivity contribution in [3.8, 4) is 11.3 Å². The average molecular weight is 630 g/mol. The fourth-order valence-corrected chi connectivity index (χ4v) is 9.44. The predicted octanol–water partition coefficient (Wildman–Crippen LogP) is 11.0. The number of anilines is 2. The average Bonchev–Trinajstić information content (AvgIpc) is 3.83. The van der Waals surface area contributed by atoms with Crippen LogP contribution >= 0.6 is 11.8 Å². The summed E-state index contributed by atoms with van der Waals surface area (Å²) in [6.45, 7) is 2.13. The van der Waals surface area contributed by atoms with Gasteiger partial charge in [-0.25, -0.2) is 9.97 Å². The van der Waals surface area contributed by atoms with Gasteiger partial charge in [0.15, 0.2) is 0 Å². The zero-order valence-electron chi connectivity index (χ0n) is 26.8. The standard InChI is InChI=1S/C43H39N3S/c1-2-12-31-27-36(31)40-24-23-37-42(47-40)41(28-13-4-3-5-14-28)45-43(44-37)32-17-10-15-29(25-32)30-16-11-18-33(26-30)46-38-21-8-6-19-34(38)35-20-7-9-22-39(35)46/h2-8,10-16,18-21,24-26,31-32,35-36,39H,9,17,22-23,27H2,1H3. The van der Waals surface area contributed by atoms with Gasteiger partial charge in [-0.2, -0.15) is 0 Å². The van der Waals surface area contributed by atoms with Crippen LogP contribution in [0.5, 0.6) is 0 Å². The van der Waals surface area contributed by atoms with E-state index < -0.39 is 0 Å². The molecule has 5 unspecified atom stereocenters. The number of fused-ring (bicyclic) bond motifs is 4. The third-order valence-corrected chi connectivity index (χ3v) is 11.8. The van der Waals surface area contributed by atoms with Crippen LogP contribution in [0.4, 0.5) is 11.4 Å². The molecule has 3 aromatic carbocycles. The number of benzene rings is 3. The molecular weight excluding hydrogens is 591 g/mol. The molecule has 4 aromatic rings. The van der Waals surface area contributed by atoms with Crippen molar-refractivity contribution in [2.24, 2.45) is 11.8 Å². The summed E-state index contributed by atoms with van der Waals surface area (Å²) >= 11 is 1.91. The minimum absolute atomic E-state index is 0.129. The number of allylic oxidation sites excluding steroid dienone is 9. The van der Waals surface area contributed by atoms with Gasteiger partial charge in [0.1, 0.15) is 5.82 Å². The van der Waals surface area contributed by atoms with Gasteiger partial charge in [-0.3, -0.25) is 0 Å². The van der Waals surface area contributed by atoms with E-state index >= 15 is 0 Å². The van der Waals surface area contributed by atoms with E-state index in [1.807, 2.05) is 11.8 Å². The fraction of sp³-hybridized carbons (Fsp3) is 0.256. The summed E-state index contributed by atoms with van der Waals surface area (Å²) in [4.78, 5) is 16.0. The molecule has 1 aromatic heterocycles. The molecule has 0 radical (unpaired) electrons. The molecule has 0 saturated heterocycles. The SMILES string of the molecule is CC=CC1CC1C1=CCc2nc(C3C=C(c4cccc(N5c6ccccc6C6C=CCCC65)c4)C=CC3)nc(-c3ccccc3)c2S1. The van der Waals surface area contributed by atoms with E-state index in [1.165, 1.54) is 62.0 Å². The number of rotatable bonds is 6. The number of aromatic nitrogens is 2. The van der Waals surface area contributed by atoms with Gasteiger partial charge in [0.25, 0.3) is 0 Å². The topological polar surface area (TPSA) is 29.0 Å². The summed E-state index contributed by atoms with van der Waals surface area (Å²) in [5, 5.41) is 0. The van der Waals surface area contributed by atoms with E-state index in [1.54, 1.807) is 0 Å². The maximum Gasteiger partial charge on any atom is 0.136 e. The Morgan fingerprint density at radius 2 is 1.79 bits per heavy atom. The molecule has 0 spiro atoms. The molecule has 1 fully saturated rings. The van der Waals surface area contributed by atoms with Crippen molar-refractivity contribution in [2.45, 2.75) is 61.8 Å². The first-order chi connectivity index (χ1) is 23.2. The fourth-order valence-electron chi connectivity index (χ4n) is 8.11. The van der Waals surface area contributed by atoms with Crippen LogP contribution in [0.1, 0.15) is 67.1 Å². The summed E-state index contributed by atoms with van der Waals surface area (Å²) in [7, 11) is 0. The van der Waals surface area contributed by atoms with E-state index in [0.717, 1.165) is 30.8 Å². The normalized spacial score (nSPS) is 25.6. The minimum Gasteiger partial charge on any atom is -0.337 e. The molecule has 4 heteroatoms. The minimum atomic E-state index is 0.129. The Bertz CT molecular complexity index is 2000. The van der Waals surface area contributed by atoms with Gasteiger partial charge < -0.3 is 4.90 Å². The van der Waals surface area contributed by atoms with Gasteiger partial charge in [0, 0.05) is 41.2 Å². The van der Waals surface area contributed by atoms with Crippen LogP contribution in [0.25, 0.3) is 16.8 Å². The molecule has 0 N–H and O–H groups in total. The molecule has 5 atom stereocenters. The first-order valence-corrected chi connectivity index (χ1v) is 18.1. The maximum absolute atomic E-state index is 5.36. The summed E-state index contributed by atoms with van der Waals surface area (Å²) in [6, 6.07) is 29.3. The van der Waals surface area contributed by atoms with Gasteiger partial charge in [-0.1, -0.05) is 121 Å². The zero-order chi connectivity index (χ0) is 31.3. The lowest BCUT2D eigenvalue weighted by molar-refractivity contribution is 0.565. The number of thioether (sulfide) groups is 1. The Morgan fingerprint density at radius 3 is 2.70 bits per heavy atom. The largest absolute Gasteiger partial charge is 0.337 e. The molecule has 47 heavy (non-hydrogen) atoms. The first-order valence-electron chi connectivity index (χ1n) is 17.3. The van der Waals surface area contributed by atoms with Crippen LogP contribution in [-0.2, 0) is 6.42 Å². The van der Waals surface area contributed by atoms with Crippen LogP contribution in [-0.4, -0.2) is 16.0 Å². The summed E-state index contributed by atoms with van der Waals surface area (Å²) in [5.74, 6) is 2.85. The van der Waals surface area contributed by atoms with Crippen molar-refractivity contribution in [1.82, 2.24) is 9.97 Å². The maximum atomic E-state index is 5.36. The monoisotopic (exact) mass is 629 g/mol. The van der Waals surface area contributed by atoms with Crippen LogP contribution in [0.3, 0.4) is 0 Å². The van der Waals surface area contributed by atoms with E-state index in [9.17, 15) is 0 Å². The Hall–Kier alpha value is -4.41. The molecule has 3 heterocycles. The Balaban J connectivity index is 1.05. The predicted molar refractivity (Wildman–Crippen MR) is 196 cm³/mol. The van der Waals surface area contributed by atoms with Crippen molar-refractivity contribution in [3.05, 3.63) is 155 Å². The van der Waals surface area contributed by atoms with Gasteiger partial charge in [-0.05, 0) is 84.2 Å². The molecule has 0 bridgehead atoms. The van der Waals surface area contributed by atoms with Crippen LogP contribution in [0.15, 0.2) is 137 Å². The summed E-state index contributed by atoms with van der Waals surface area (Å²) in [5.41, 5.74) is 10.00. The molecule has 3 aliphatic carbocycles. The van der Waals surface area contributed by atoms with E-state index in [4.69, 9.17) is 9.97 Å². The molecule has 9 rings (SSSR count). The van der Waals surface area contributed by atoms with Crippen molar-refractivity contribution in [1.29, 1.82) is 0 Å². The first kappa shape index (κ1) is 28.8. The highest BCUT2D eigenvalue weighted by Crippen LogP contribution is 2.54. The van der Waals surface area contributed by atoms with E-state index in [0.29, 0.717) is 23.8 Å². The molecule has 0 amide bonds. The third kappa shape index (κ3) is 5.23. The van der Waals surface area contributed by atoms with Gasteiger partial charge in [0.2, 0.25) is 0 Å². The quantitative estimate of drug-likeness (QED) is 0.198. The van der Waals surface area contributed by atoms with E-state index in [2.05, 4.69) is 139 Å². The Morgan fingerprint density at radius 1 is 0.915 bits per heavy atom. The van der Waals surface area contributed by atoms with Crippen molar-refractivity contribution < 1.29 is 0 Å². The van der Waals surface area contributed by atoms with Crippen molar-refractivity contribution in [3.63, 3.8) is 0 Å². The van der Waals surface area contributed by atoms with Crippen LogP contribution in [0.2, 0.25) is 0 Å². The molecule has 3 nitrogen and oxygen atoms in total. The second-order valence-electron chi connectivity index (χ2n) is 13.5. The second-order valence-corrected chi connectivity index (χ2v) is 14.5. The molecule has 5 aliphatic rings. The highest BCUT2D eigenvalue weighted by atomic mass is 32.2. The number of nitrogens with zero attached hydrogens (tertiary/aromatic N) is 3. The molecule has 232 valence electrons. The van der Waals surface area contributed by atoms with E-state index in [-0.39, 0.29) is 5.92 Å². The highest BCUT2D eigenvalue weighted by Gasteiger charge is 2.40. The second kappa shape index (κ2) is 12.0. The smallest absolute Gasteiger partial charge is 0.136 e.